The predicted octanol–water partition coefficient (Wildman–Crippen LogP) is 0.0389. The lowest BCUT2D eigenvalue weighted by molar-refractivity contribution is 0.0568. The maximum absolute atomic E-state index is 12.2. The summed E-state index contributed by atoms with van der Waals surface area (Å²) in [6.45, 7) is 1.50. The molecule has 0 amide bonds. The highest BCUT2D eigenvalue weighted by Gasteiger charge is 2.20. The van der Waals surface area contributed by atoms with E-state index in [4.69, 9.17) is 9.88 Å². The Kier molecular flexibility index (Phi) is 4.99. The Hall–Kier alpha value is -1.00. The zero-order valence-electron chi connectivity index (χ0n) is 11.4. The van der Waals surface area contributed by atoms with E-state index in [0.717, 1.165) is 18.9 Å². The second-order valence-electron chi connectivity index (χ2n) is 4.95. The zero-order valence-corrected chi connectivity index (χ0v) is 13.0. The highest BCUT2D eigenvalue weighted by Crippen LogP contribution is 2.16. The summed E-state index contributed by atoms with van der Waals surface area (Å²) < 4.78 is 54.6. The lowest BCUT2D eigenvalue weighted by Crippen LogP contribution is -2.33. The summed E-state index contributed by atoms with van der Waals surface area (Å²) in [6, 6.07) is 4.98. The van der Waals surface area contributed by atoms with Crippen molar-refractivity contribution in [3.63, 3.8) is 0 Å². The highest BCUT2D eigenvalue weighted by molar-refractivity contribution is 7.90. The Labute approximate surface area is 124 Å². The van der Waals surface area contributed by atoms with Crippen molar-refractivity contribution in [3.05, 3.63) is 24.3 Å². The third kappa shape index (κ3) is 4.48. The van der Waals surface area contributed by atoms with E-state index in [9.17, 15) is 16.8 Å². The molecular weight excluding hydrogens is 316 g/mol. The van der Waals surface area contributed by atoms with E-state index in [2.05, 4.69) is 4.72 Å². The number of primary sulfonamides is 1. The molecule has 0 bridgehead atoms. The molecule has 1 aliphatic heterocycles. The van der Waals surface area contributed by atoms with Gasteiger partial charge in [-0.3, -0.25) is 0 Å². The molecule has 0 spiro atoms. The lowest BCUT2D eigenvalue weighted by Gasteiger charge is -2.22. The van der Waals surface area contributed by atoms with Crippen LogP contribution in [0.4, 0.5) is 0 Å². The van der Waals surface area contributed by atoms with Gasteiger partial charge in [-0.2, -0.15) is 0 Å². The number of nitrogens with one attached hydrogen (secondary N) is 1. The quantitative estimate of drug-likeness (QED) is 0.789. The molecule has 0 radical (unpaired) electrons. The number of benzene rings is 1. The summed E-state index contributed by atoms with van der Waals surface area (Å²) in [5.74, 6) is 0.134. The Bertz CT molecular complexity index is 694. The van der Waals surface area contributed by atoms with Gasteiger partial charge in [0.2, 0.25) is 20.0 Å². The fourth-order valence-corrected chi connectivity index (χ4v) is 3.89. The van der Waals surface area contributed by atoms with Crippen LogP contribution < -0.4 is 9.86 Å². The molecule has 1 fully saturated rings. The van der Waals surface area contributed by atoms with Crippen LogP contribution in [-0.4, -0.2) is 36.6 Å². The van der Waals surface area contributed by atoms with E-state index < -0.39 is 20.0 Å². The molecule has 1 atom stereocenters. The largest absolute Gasteiger partial charge is 0.381 e. The van der Waals surface area contributed by atoms with Crippen molar-refractivity contribution >= 4 is 20.0 Å². The monoisotopic (exact) mass is 334 g/mol. The molecule has 118 valence electrons. The summed E-state index contributed by atoms with van der Waals surface area (Å²) in [5, 5.41) is 5.00. The first-order chi connectivity index (χ1) is 9.79. The summed E-state index contributed by atoms with van der Waals surface area (Å²) in [5.41, 5.74) is 0. The maximum Gasteiger partial charge on any atom is 0.240 e. The average molecular weight is 334 g/mol. The average Bonchev–Trinajstić information content (AvgIpc) is 2.46. The zero-order chi connectivity index (χ0) is 15.5. The Balaban J connectivity index is 2.12. The lowest BCUT2D eigenvalue weighted by atomic mass is 10.0. The first-order valence-corrected chi connectivity index (χ1v) is 9.52. The van der Waals surface area contributed by atoms with Gasteiger partial charge in [-0.05, 0) is 37.0 Å². The minimum Gasteiger partial charge on any atom is -0.381 e. The summed E-state index contributed by atoms with van der Waals surface area (Å²) in [6.07, 6.45) is 1.81. The molecule has 0 aromatic heterocycles. The van der Waals surface area contributed by atoms with Crippen molar-refractivity contribution in [2.45, 2.75) is 22.6 Å². The maximum atomic E-state index is 12.2. The van der Waals surface area contributed by atoms with Crippen LogP contribution in [0.5, 0.6) is 0 Å². The topological polar surface area (TPSA) is 116 Å². The van der Waals surface area contributed by atoms with E-state index in [1.54, 1.807) is 0 Å². The highest BCUT2D eigenvalue weighted by atomic mass is 32.2. The van der Waals surface area contributed by atoms with Crippen LogP contribution >= 0.6 is 0 Å². The van der Waals surface area contributed by atoms with Crippen molar-refractivity contribution < 1.29 is 21.6 Å². The molecule has 3 N–H and O–H groups in total. The van der Waals surface area contributed by atoms with Crippen molar-refractivity contribution in [1.29, 1.82) is 0 Å². The Morgan fingerprint density at radius 3 is 2.57 bits per heavy atom. The van der Waals surface area contributed by atoms with Crippen LogP contribution in [0.1, 0.15) is 12.8 Å². The Morgan fingerprint density at radius 1 is 1.24 bits per heavy atom. The smallest absolute Gasteiger partial charge is 0.240 e. The molecule has 1 aliphatic rings. The minimum absolute atomic E-state index is 0.120. The molecule has 1 aromatic rings. The first-order valence-electron chi connectivity index (χ1n) is 6.49. The van der Waals surface area contributed by atoms with Gasteiger partial charge in [-0.25, -0.2) is 26.7 Å². The standard InChI is InChI=1S/C12H18N2O5S2/c13-20(15,16)11-4-1-5-12(7-11)21(17,18)14-8-10-3-2-6-19-9-10/h1,4-5,7,10,14H,2-3,6,8-9H2,(H2,13,15,16). The number of rotatable bonds is 5. The van der Waals surface area contributed by atoms with E-state index in [1.807, 2.05) is 0 Å². The van der Waals surface area contributed by atoms with Crippen molar-refractivity contribution in [2.24, 2.45) is 11.1 Å². The van der Waals surface area contributed by atoms with Gasteiger partial charge in [-0.1, -0.05) is 6.07 Å². The molecular formula is C12H18N2O5S2. The molecule has 7 nitrogen and oxygen atoms in total. The molecule has 0 saturated carbocycles. The number of hydrogen-bond acceptors (Lipinski definition) is 5. The summed E-state index contributed by atoms with van der Waals surface area (Å²) in [4.78, 5) is -0.350. The SMILES string of the molecule is NS(=O)(=O)c1cccc(S(=O)(=O)NCC2CCCOC2)c1. The van der Waals surface area contributed by atoms with Crippen LogP contribution in [0.25, 0.3) is 0 Å². The molecule has 21 heavy (non-hydrogen) atoms. The minimum atomic E-state index is -3.93. The van der Waals surface area contributed by atoms with Gasteiger partial charge < -0.3 is 4.74 Å². The molecule has 9 heteroatoms. The second-order valence-corrected chi connectivity index (χ2v) is 8.28. The number of sulfonamides is 2. The fourth-order valence-electron chi connectivity index (χ4n) is 2.10. The van der Waals surface area contributed by atoms with Gasteiger partial charge in [0.05, 0.1) is 16.4 Å². The van der Waals surface area contributed by atoms with Gasteiger partial charge >= 0.3 is 0 Å². The van der Waals surface area contributed by atoms with Gasteiger partial charge in [0.1, 0.15) is 0 Å². The van der Waals surface area contributed by atoms with Crippen LogP contribution in [0, 0.1) is 5.92 Å². The second kappa shape index (κ2) is 6.41. The van der Waals surface area contributed by atoms with Gasteiger partial charge in [0.25, 0.3) is 0 Å². The van der Waals surface area contributed by atoms with E-state index in [-0.39, 0.29) is 22.3 Å². The third-order valence-electron chi connectivity index (χ3n) is 3.26. The van der Waals surface area contributed by atoms with Gasteiger partial charge in [0, 0.05) is 13.2 Å². The molecule has 2 rings (SSSR count). The van der Waals surface area contributed by atoms with Gasteiger partial charge in [-0.15, -0.1) is 0 Å². The third-order valence-corrected chi connectivity index (χ3v) is 5.59. The Morgan fingerprint density at radius 2 is 1.95 bits per heavy atom. The van der Waals surface area contributed by atoms with E-state index in [1.165, 1.54) is 18.2 Å². The molecule has 1 heterocycles. The normalized spacial score (nSPS) is 20.3. The van der Waals surface area contributed by atoms with E-state index >= 15 is 0 Å². The van der Waals surface area contributed by atoms with Crippen molar-refractivity contribution in [2.75, 3.05) is 19.8 Å². The van der Waals surface area contributed by atoms with Crippen LogP contribution in [0.3, 0.4) is 0 Å². The number of nitrogens with two attached hydrogens (primary N) is 1. The molecule has 1 saturated heterocycles. The summed E-state index contributed by atoms with van der Waals surface area (Å²) in [7, 11) is -7.70. The summed E-state index contributed by atoms with van der Waals surface area (Å²) >= 11 is 0. The number of hydrogen-bond donors (Lipinski definition) is 2. The van der Waals surface area contributed by atoms with Crippen molar-refractivity contribution in [3.8, 4) is 0 Å². The van der Waals surface area contributed by atoms with Crippen LogP contribution in [0.15, 0.2) is 34.1 Å². The van der Waals surface area contributed by atoms with Crippen molar-refractivity contribution in [1.82, 2.24) is 4.72 Å². The predicted molar refractivity (Wildman–Crippen MR) is 76.5 cm³/mol. The molecule has 0 aliphatic carbocycles. The van der Waals surface area contributed by atoms with Crippen LogP contribution in [0.2, 0.25) is 0 Å². The van der Waals surface area contributed by atoms with E-state index in [0.29, 0.717) is 13.2 Å². The fraction of sp³-hybridized carbons (Fsp3) is 0.500. The van der Waals surface area contributed by atoms with Gasteiger partial charge in [0.15, 0.2) is 0 Å². The first kappa shape index (κ1) is 16.4. The number of ether oxygens (including phenoxy) is 1. The molecule has 1 aromatic carbocycles. The molecule has 1 unspecified atom stereocenters. The van der Waals surface area contributed by atoms with Crippen LogP contribution in [-0.2, 0) is 24.8 Å².